The molecule has 0 saturated heterocycles. The van der Waals surface area contributed by atoms with Crippen LogP contribution in [0.4, 0.5) is 0 Å². The molecule has 0 heterocycles. The van der Waals surface area contributed by atoms with Gasteiger partial charge in [0.05, 0.1) is 0 Å². The predicted octanol–water partition coefficient (Wildman–Crippen LogP) is 9.44. The van der Waals surface area contributed by atoms with Crippen molar-refractivity contribution in [3.63, 3.8) is 0 Å². The second-order valence-electron chi connectivity index (χ2n) is 10.4. The van der Waals surface area contributed by atoms with E-state index in [1.807, 2.05) is 109 Å². The van der Waals surface area contributed by atoms with Crippen molar-refractivity contribution in [2.24, 2.45) is 0 Å². The molecule has 6 aliphatic carbocycles. The van der Waals surface area contributed by atoms with E-state index in [1.165, 1.54) is 0 Å². The summed E-state index contributed by atoms with van der Waals surface area (Å²) in [5, 5.41) is 0. The zero-order chi connectivity index (χ0) is 28.6. The van der Waals surface area contributed by atoms with Crippen LogP contribution in [0, 0.1) is 0 Å². The highest BCUT2D eigenvalue weighted by atomic mass is 16.1. The van der Waals surface area contributed by atoms with Gasteiger partial charge >= 0.3 is 0 Å². The van der Waals surface area contributed by atoms with Crippen molar-refractivity contribution in [2.45, 2.75) is 0 Å². The van der Waals surface area contributed by atoms with Crippen molar-refractivity contribution >= 4 is 18.9 Å². The van der Waals surface area contributed by atoms with E-state index in [4.69, 9.17) is 0 Å². The molecule has 0 N–H and O–H groups in total. The summed E-state index contributed by atoms with van der Waals surface area (Å²) in [4.78, 5) is 36.3. The van der Waals surface area contributed by atoms with Gasteiger partial charge in [-0.25, -0.2) is 0 Å². The third-order valence-electron chi connectivity index (χ3n) is 8.06. The molecule has 0 spiro atoms. The van der Waals surface area contributed by atoms with E-state index >= 15 is 0 Å². The quantitative estimate of drug-likeness (QED) is 0.197. The van der Waals surface area contributed by atoms with Gasteiger partial charge in [0.1, 0.15) is 0 Å². The Hall–Kier alpha value is -5.67. The minimum atomic E-state index is 0.631. The van der Waals surface area contributed by atoms with Crippen LogP contribution in [0.5, 0.6) is 0 Å². The molecule has 0 radical (unpaired) electrons. The summed E-state index contributed by atoms with van der Waals surface area (Å²) in [5.41, 5.74) is 13.1. The lowest BCUT2D eigenvalue weighted by Crippen LogP contribution is -1.86. The van der Waals surface area contributed by atoms with Gasteiger partial charge in [0.25, 0.3) is 0 Å². The minimum absolute atomic E-state index is 0.631. The Balaban J connectivity index is 1.55. The van der Waals surface area contributed by atoms with Gasteiger partial charge in [0.2, 0.25) is 0 Å². The molecule has 0 unspecified atom stereocenters. The van der Waals surface area contributed by atoms with Gasteiger partial charge in [-0.05, 0) is 103 Å². The van der Waals surface area contributed by atoms with E-state index in [9.17, 15) is 14.4 Å². The lowest BCUT2D eigenvalue weighted by atomic mass is 9.91. The summed E-state index contributed by atoms with van der Waals surface area (Å²) in [7, 11) is 0. The minimum Gasteiger partial charge on any atom is -0.298 e. The zero-order valence-electron chi connectivity index (χ0n) is 22.6. The molecule has 3 heteroatoms. The van der Waals surface area contributed by atoms with Crippen LogP contribution in [0.2, 0.25) is 0 Å². The molecular formula is C39H24O3. The molecule has 0 bridgehead atoms. The lowest BCUT2D eigenvalue weighted by Gasteiger charge is -2.12. The maximum atomic E-state index is 12.1. The highest BCUT2D eigenvalue weighted by molar-refractivity contribution is 6.04. The number of hydrogen-bond acceptors (Lipinski definition) is 3. The molecule has 0 fully saturated rings. The van der Waals surface area contributed by atoms with Crippen molar-refractivity contribution in [2.75, 3.05) is 0 Å². The number of benzene rings is 1. The average Bonchev–Trinajstić information content (AvgIpc) is 3.38. The first-order valence-electron chi connectivity index (χ1n) is 13.8. The smallest absolute Gasteiger partial charge is 0.150 e. The summed E-state index contributed by atoms with van der Waals surface area (Å²) >= 11 is 0. The van der Waals surface area contributed by atoms with Gasteiger partial charge in [0, 0.05) is 16.7 Å². The van der Waals surface area contributed by atoms with E-state index in [2.05, 4.69) is 18.2 Å². The van der Waals surface area contributed by atoms with E-state index in [0.717, 1.165) is 85.6 Å². The van der Waals surface area contributed by atoms with Crippen LogP contribution in [-0.4, -0.2) is 18.9 Å². The fourth-order valence-electron chi connectivity index (χ4n) is 6.14. The Morgan fingerprint density at radius 1 is 0.286 bits per heavy atom. The first-order chi connectivity index (χ1) is 20.7. The third-order valence-corrected chi connectivity index (χ3v) is 8.06. The molecule has 42 heavy (non-hydrogen) atoms. The molecule has 0 amide bonds. The molecule has 1 aromatic rings. The Morgan fingerprint density at radius 3 is 0.810 bits per heavy atom. The highest BCUT2D eigenvalue weighted by Gasteiger charge is 2.22. The van der Waals surface area contributed by atoms with Gasteiger partial charge in [-0.1, -0.05) is 91.0 Å². The summed E-state index contributed by atoms with van der Waals surface area (Å²) in [6.07, 6.45) is 2.70. The second-order valence-corrected chi connectivity index (χ2v) is 10.4. The van der Waals surface area contributed by atoms with E-state index < -0.39 is 0 Å². The predicted molar refractivity (Wildman–Crippen MR) is 169 cm³/mol. The van der Waals surface area contributed by atoms with Crippen molar-refractivity contribution < 1.29 is 14.4 Å². The number of hydrogen-bond donors (Lipinski definition) is 0. The number of carbonyl (C=O) groups excluding carboxylic acids is 3. The molecule has 198 valence electrons. The number of fused-ring (bicyclic) bond motifs is 3. The number of aldehydes is 3. The van der Waals surface area contributed by atoms with Gasteiger partial charge in [-0.3, -0.25) is 14.4 Å². The summed E-state index contributed by atoms with van der Waals surface area (Å²) < 4.78 is 0. The van der Waals surface area contributed by atoms with Crippen molar-refractivity contribution in [3.8, 4) is 66.8 Å². The Kier molecular flexibility index (Phi) is 6.26. The van der Waals surface area contributed by atoms with Crippen molar-refractivity contribution in [1.82, 2.24) is 0 Å². The van der Waals surface area contributed by atoms with Crippen LogP contribution in [0.25, 0.3) is 66.8 Å². The molecule has 1 aromatic carbocycles. The van der Waals surface area contributed by atoms with E-state index in [1.54, 1.807) is 0 Å². The van der Waals surface area contributed by atoms with Crippen LogP contribution in [0.1, 0.15) is 31.1 Å². The van der Waals surface area contributed by atoms with E-state index in [0.29, 0.717) is 16.7 Å². The number of rotatable bonds is 6. The zero-order valence-corrected chi connectivity index (χ0v) is 22.6. The molecule has 0 aliphatic heterocycles. The van der Waals surface area contributed by atoms with Crippen LogP contribution >= 0.6 is 0 Å². The molecular weight excluding hydrogens is 516 g/mol. The van der Waals surface area contributed by atoms with Gasteiger partial charge < -0.3 is 0 Å². The topological polar surface area (TPSA) is 51.2 Å². The summed E-state index contributed by atoms with van der Waals surface area (Å²) in [6.45, 7) is 0. The Morgan fingerprint density at radius 2 is 0.548 bits per heavy atom. The number of carbonyl (C=O) groups is 3. The fraction of sp³-hybridized carbons (Fsp3) is 0. The first-order valence-corrected chi connectivity index (χ1v) is 13.8. The Bertz CT molecular complexity index is 1800. The lowest BCUT2D eigenvalue weighted by molar-refractivity contribution is 0.111. The first kappa shape index (κ1) is 25.3. The van der Waals surface area contributed by atoms with Gasteiger partial charge in [-0.2, -0.15) is 0 Å². The molecule has 6 aliphatic rings. The fourth-order valence-corrected chi connectivity index (χ4v) is 6.14. The van der Waals surface area contributed by atoms with Crippen LogP contribution in [0.15, 0.2) is 127 Å². The maximum absolute atomic E-state index is 12.1. The Labute approximate surface area is 243 Å². The largest absolute Gasteiger partial charge is 0.298 e. The third kappa shape index (κ3) is 4.11. The second kappa shape index (κ2) is 10.4. The van der Waals surface area contributed by atoms with Gasteiger partial charge in [-0.15, -0.1) is 0 Å². The summed E-state index contributed by atoms with van der Waals surface area (Å²) in [5.74, 6) is 0. The SMILES string of the molecule is O=Cc1cc(-c2cc(-c3cc(C=O)c4cccccc3-4)cc(-c3cc(C=O)c4cccccc3-4)c2)c2cccccc1-2. The normalized spacial score (nSPS) is 11.1. The summed E-state index contributed by atoms with van der Waals surface area (Å²) in [6, 6.07) is 41.8. The van der Waals surface area contributed by atoms with Crippen LogP contribution in [-0.2, 0) is 0 Å². The van der Waals surface area contributed by atoms with Crippen LogP contribution in [0.3, 0.4) is 0 Å². The monoisotopic (exact) mass is 540 g/mol. The van der Waals surface area contributed by atoms with Crippen molar-refractivity contribution in [1.29, 1.82) is 0 Å². The van der Waals surface area contributed by atoms with E-state index in [-0.39, 0.29) is 0 Å². The maximum Gasteiger partial charge on any atom is 0.150 e. The average molecular weight is 541 g/mol. The molecule has 0 aromatic heterocycles. The molecule has 0 saturated carbocycles. The highest BCUT2D eigenvalue weighted by Crippen LogP contribution is 2.46. The van der Waals surface area contributed by atoms with Crippen molar-refractivity contribution in [3.05, 3.63) is 144 Å². The molecule has 3 nitrogen and oxygen atoms in total. The van der Waals surface area contributed by atoms with Crippen LogP contribution < -0.4 is 0 Å². The van der Waals surface area contributed by atoms with Gasteiger partial charge in [0.15, 0.2) is 18.9 Å². The standard InChI is InChI=1S/C39H24O3/c40-22-28-19-37(34-13-7-1-4-10-31(28)34)25-16-26(38-20-29(23-41)32-11-5-2-8-14-35(32)38)18-27(17-25)39-21-30(24-42)33-12-6-3-9-15-36(33)39/h1-24H. The molecule has 0 atom stereocenters. The molecule has 7 rings (SSSR count).